The molecule has 11 heteroatoms. The van der Waals surface area contributed by atoms with Gasteiger partial charge in [0.2, 0.25) is 22.7 Å². The van der Waals surface area contributed by atoms with Gasteiger partial charge in [0.05, 0.1) is 24.7 Å². The fourth-order valence-electron chi connectivity index (χ4n) is 3.46. The maximum atomic E-state index is 13.0. The van der Waals surface area contributed by atoms with E-state index in [0.717, 1.165) is 0 Å². The van der Waals surface area contributed by atoms with Crippen LogP contribution in [0.5, 0.6) is 28.7 Å². The Balaban J connectivity index is 1.34. The zero-order chi connectivity index (χ0) is 24.1. The molecule has 2 aliphatic heterocycles. The molecule has 184 valence electrons. The molecule has 4 rings (SSSR count). The van der Waals surface area contributed by atoms with Gasteiger partial charge < -0.3 is 29.0 Å². The third kappa shape index (κ3) is 5.65. The Hall–Kier alpha value is -3.18. The molecule has 34 heavy (non-hydrogen) atoms. The van der Waals surface area contributed by atoms with Gasteiger partial charge in [-0.15, -0.1) is 0 Å². The van der Waals surface area contributed by atoms with Gasteiger partial charge in [-0.3, -0.25) is 4.79 Å². The zero-order valence-corrected chi connectivity index (χ0v) is 19.9. The van der Waals surface area contributed by atoms with E-state index in [4.69, 9.17) is 23.7 Å². The van der Waals surface area contributed by atoms with E-state index in [9.17, 15) is 13.2 Å². The Morgan fingerprint density at radius 2 is 1.65 bits per heavy atom. The highest BCUT2D eigenvalue weighted by atomic mass is 32.2. The van der Waals surface area contributed by atoms with E-state index in [2.05, 4.69) is 10.0 Å². The summed E-state index contributed by atoms with van der Waals surface area (Å²) in [5, 5.41) is 2.73. The fraction of sp³-hybridized carbons (Fsp3) is 0.435. The summed E-state index contributed by atoms with van der Waals surface area (Å²) >= 11 is 0. The third-order valence-corrected chi connectivity index (χ3v) is 6.71. The molecule has 0 bridgehead atoms. The third-order valence-electron chi connectivity index (χ3n) is 5.27. The van der Waals surface area contributed by atoms with Crippen LogP contribution in [-0.2, 0) is 14.8 Å². The second-order valence-corrected chi connectivity index (χ2v) is 9.87. The Bertz CT molecular complexity index is 1140. The van der Waals surface area contributed by atoms with E-state index in [1.54, 1.807) is 38.1 Å². The van der Waals surface area contributed by atoms with Crippen molar-refractivity contribution in [3.05, 3.63) is 36.4 Å². The highest BCUT2D eigenvalue weighted by Gasteiger charge is 2.29. The van der Waals surface area contributed by atoms with E-state index in [-0.39, 0.29) is 30.8 Å². The Labute approximate surface area is 198 Å². The Morgan fingerprint density at radius 1 is 0.971 bits per heavy atom. The summed E-state index contributed by atoms with van der Waals surface area (Å²) in [7, 11) is -3.98. The fourth-order valence-corrected chi connectivity index (χ4v) is 4.82. The molecular formula is C23H28N2O8S. The van der Waals surface area contributed by atoms with Crippen LogP contribution < -0.4 is 33.7 Å². The summed E-state index contributed by atoms with van der Waals surface area (Å²) in [5.74, 6) is 1.97. The van der Waals surface area contributed by atoms with Gasteiger partial charge >= 0.3 is 0 Å². The van der Waals surface area contributed by atoms with Gasteiger partial charge in [-0.2, -0.15) is 4.72 Å². The quantitative estimate of drug-likeness (QED) is 0.511. The van der Waals surface area contributed by atoms with Crippen LogP contribution in [0.3, 0.4) is 0 Å². The Morgan fingerprint density at radius 3 is 2.44 bits per heavy atom. The lowest BCUT2D eigenvalue weighted by atomic mass is 10.1. The first-order valence-corrected chi connectivity index (χ1v) is 12.5. The summed E-state index contributed by atoms with van der Waals surface area (Å²) < 4.78 is 55.9. The molecule has 0 saturated heterocycles. The van der Waals surface area contributed by atoms with Gasteiger partial charge in [-0.25, -0.2) is 8.42 Å². The lowest BCUT2D eigenvalue weighted by Gasteiger charge is -2.22. The molecule has 0 saturated carbocycles. The first-order chi connectivity index (χ1) is 16.3. The Kier molecular flexibility index (Phi) is 7.32. The van der Waals surface area contributed by atoms with Crippen LogP contribution in [0.25, 0.3) is 0 Å². The second-order valence-electron chi connectivity index (χ2n) is 8.16. The van der Waals surface area contributed by atoms with Crippen LogP contribution in [0.4, 0.5) is 0 Å². The summed E-state index contributed by atoms with van der Waals surface area (Å²) in [6.45, 7) is 5.05. The minimum absolute atomic E-state index is 0.00124. The molecule has 2 aromatic rings. The number of carbonyl (C=O) groups excluding carboxylic acids is 1. The van der Waals surface area contributed by atoms with Crippen molar-refractivity contribution in [2.24, 2.45) is 5.92 Å². The predicted molar refractivity (Wildman–Crippen MR) is 122 cm³/mol. The number of rotatable bonds is 9. The molecule has 2 heterocycles. The van der Waals surface area contributed by atoms with Crippen LogP contribution in [-0.4, -0.2) is 53.5 Å². The molecule has 0 aliphatic carbocycles. The maximum absolute atomic E-state index is 13.0. The summed E-state index contributed by atoms with van der Waals surface area (Å²) in [5.41, 5.74) is 0. The van der Waals surface area contributed by atoms with Crippen LogP contribution in [0.2, 0.25) is 0 Å². The number of amides is 1. The van der Waals surface area contributed by atoms with Crippen molar-refractivity contribution in [3.8, 4) is 28.7 Å². The molecule has 1 amide bonds. The van der Waals surface area contributed by atoms with Gasteiger partial charge in [0.25, 0.3) is 0 Å². The van der Waals surface area contributed by atoms with Crippen molar-refractivity contribution < 1.29 is 36.9 Å². The van der Waals surface area contributed by atoms with Crippen LogP contribution in [0, 0.1) is 5.92 Å². The van der Waals surface area contributed by atoms with Crippen molar-refractivity contribution in [2.45, 2.75) is 31.2 Å². The molecular weight excluding hydrogens is 464 g/mol. The molecule has 0 spiro atoms. The average Bonchev–Trinajstić information content (AvgIpc) is 3.15. The van der Waals surface area contributed by atoms with Crippen molar-refractivity contribution >= 4 is 15.9 Å². The topological polar surface area (TPSA) is 121 Å². The highest BCUT2D eigenvalue weighted by molar-refractivity contribution is 7.89. The van der Waals surface area contributed by atoms with E-state index < -0.39 is 22.0 Å². The lowest BCUT2D eigenvalue weighted by molar-refractivity contribution is -0.123. The molecule has 10 nitrogen and oxygen atoms in total. The number of fused-ring (bicyclic) bond motifs is 2. The number of benzene rings is 2. The summed E-state index contributed by atoms with van der Waals surface area (Å²) in [6, 6.07) is 8.65. The first kappa shape index (κ1) is 24.0. The molecule has 0 radical (unpaired) electrons. The van der Waals surface area contributed by atoms with E-state index in [1.165, 1.54) is 12.1 Å². The van der Waals surface area contributed by atoms with Crippen molar-refractivity contribution in [3.63, 3.8) is 0 Å². The minimum Gasteiger partial charge on any atom is -0.492 e. The second kappa shape index (κ2) is 10.4. The largest absolute Gasteiger partial charge is 0.492 e. The van der Waals surface area contributed by atoms with E-state index >= 15 is 0 Å². The van der Waals surface area contributed by atoms with Crippen LogP contribution in [0.1, 0.15) is 20.3 Å². The standard InChI is InChI=1S/C23H28N2O8S/c1-15(2)22(23(26)24-8-11-29-16-4-6-19-20(12-16)33-14-32-19)25-34(27,28)17-5-7-18-21(13-17)31-10-3-9-30-18/h4-7,12-13,15,22,25H,3,8-11,14H2,1-2H3,(H,24,26). The monoisotopic (exact) mass is 492 g/mol. The zero-order valence-electron chi connectivity index (χ0n) is 19.0. The van der Waals surface area contributed by atoms with Crippen LogP contribution >= 0.6 is 0 Å². The summed E-state index contributed by atoms with van der Waals surface area (Å²) in [4.78, 5) is 12.8. The van der Waals surface area contributed by atoms with E-state index in [1.807, 2.05) is 0 Å². The maximum Gasteiger partial charge on any atom is 0.241 e. The highest BCUT2D eigenvalue weighted by Crippen LogP contribution is 2.35. The van der Waals surface area contributed by atoms with Crippen molar-refractivity contribution in [2.75, 3.05) is 33.2 Å². The molecule has 1 atom stereocenters. The number of carbonyl (C=O) groups is 1. The van der Waals surface area contributed by atoms with Gasteiger partial charge in [0.1, 0.15) is 18.4 Å². The van der Waals surface area contributed by atoms with Gasteiger partial charge in [-0.1, -0.05) is 13.8 Å². The molecule has 0 fully saturated rings. The lowest BCUT2D eigenvalue weighted by Crippen LogP contribution is -2.50. The number of nitrogens with one attached hydrogen (secondary N) is 2. The predicted octanol–water partition coefficient (Wildman–Crippen LogP) is 2.07. The van der Waals surface area contributed by atoms with Gasteiger partial charge in [-0.05, 0) is 30.2 Å². The van der Waals surface area contributed by atoms with Crippen molar-refractivity contribution in [1.29, 1.82) is 0 Å². The van der Waals surface area contributed by atoms with Crippen LogP contribution in [0.15, 0.2) is 41.3 Å². The summed E-state index contributed by atoms with van der Waals surface area (Å²) in [6.07, 6.45) is 0.711. The normalized spacial score (nSPS) is 15.5. The molecule has 2 aromatic carbocycles. The number of ether oxygens (including phenoxy) is 5. The number of hydrogen-bond acceptors (Lipinski definition) is 8. The smallest absolute Gasteiger partial charge is 0.241 e. The first-order valence-electron chi connectivity index (χ1n) is 11.1. The SMILES string of the molecule is CC(C)C(NS(=O)(=O)c1ccc2c(c1)OCCCO2)C(=O)NCCOc1ccc2c(c1)OCO2. The molecule has 2 N–H and O–H groups in total. The van der Waals surface area contributed by atoms with Gasteiger partial charge in [0, 0.05) is 18.6 Å². The van der Waals surface area contributed by atoms with E-state index in [0.29, 0.717) is 48.4 Å². The number of hydrogen-bond donors (Lipinski definition) is 2. The van der Waals surface area contributed by atoms with Crippen molar-refractivity contribution in [1.82, 2.24) is 10.0 Å². The molecule has 2 aliphatic rings. The molecule has 0 aromatic heterocycles. The molecule has 1 unspecified atom stereocenters. The van der Waals surface area contributed by atoms with Gasteiger partial charge in [0.15, 0.2) is 23.0 Å². The number of sulfonamides is 1. The average molecular weight is 493 g/mol. The minimum atomic E-state index is -3.98.